The van der Waals surface area contributed by atoms with Crippen molar-refractivity contribution in [2.24, 2.45) is 11.8 Å². The van der Waals surface area contributed by atoms with Crippen molar-refractivity contribution >= 4 is 8.32 Å². The fourth-order valence-electron chi connectivity index (χ4n) is 5.41. The molecular weight excluding hydrogens is 445 g/mol. The molecule has 0 aromatic heterocycles. The van der Waals surface area contributed by atoms with Gasteiger partial charge in [-0.2, -0.15) is 0 Å². The highest BCUT2D eigenvalue weighted by Gasteiger charge is 2.47. The molecule has 2 aliphatic heterocycles. The van der Waals surface area contributed by atoms with E-state index in [1.165, 1.54) is 11.1 Å². The van der Waals surface area contributed by atoms with Crippen LogP contribution in [-0.2, 0) is 6.42 Å². The van der Waals surface area contributed by atoms with Crippen molar-refractivity contribution in [3.8, 4) is 11.5 Å². The van der Waals surface area contributed by atoms with Crippen LogP contribution in [0.15, 0.2) is 12.1 Å². The molecule has 2 heterocycles. The highest BCUT2D eigenvalue weighted by atomic mass is 28.4. The molecule has 1 N–H and O–H groups in total. The molecule has 194 valence electrons. The molecule has 2 aliphatic rings. The van der Waals surface area contributed by atoms with Crippen molar-refractivity contribution in [3.05, 3.63) is 23.3 Å². The topological polar surface area (TPSA) is 41.9 Å². The minimum Gasteiger partial charge on any atom is -0.541 e. The lowest BCUT2D eigenvalue weighted by Crippen LogP contribution is -2.55. The van der Waals surface area contributed by atoms with Crippen LogP contribution in [0.3, 0.4) is 0 Å². The van der Waals surface area contributed by atoms with Gasteiger partial charge in [-0.05, 0) is 79.4 Å². The van der Waals surface area contributed by atoms with E-state index in [1.807, 2.05) is 0 Å². The molecular formula is C28H48FNO3Si. The van der Waals surface area contributed by atoms with Gasteiger partial charge in [-0.1, -0.05) is 41.0 Å². The van der Waals surface area contributed by atoms with E-state index in [4.69, 9.17) is 9.16 Å². The van der Waals surface area contributed by atoms with Gasteiger partial charge in [-0.3, -0.25) is 9.29 Å². The Bertz CT molecular complexity index is 838. The molecule has 1 aromatic carbocycles. The van der Waals surface area contributed by atoms with Crippen molar-refractivity contribution in [1.29, 1.82) is 0 Å². The maximum Gasteiger partial charge on any atom is 0.250 e. The SMILES string of the molecule is COc1cc2c(cc1O[Si](C)(C)C(C)(C)C)[C@@H]1C[C@@](O)(CCC[19F])[C@@H](CCC(C)C)CN1CC2. The largest absolute Gasteiger partial charge is 0.541 e. The molecule has 4 nitrogen and oxygen atoms in total. The standard InChI is InChI=1S/C28H48FNO3Si/c1-20(2)10-11-22-19-30-15-12-21-16-25(32-6)26(33-34(7,8)27(3,4)5)17-23(21)24(30)18-28(22,31)13-9-14-29/h16-17,20,22,24,31H,9-15,18-19H2,1-8H3/t22-,24-,28-/m0/s1/i29+0. The normalized spacial score (nSPS) is 25.7. The molecule has 0 radical (unpaired) electrons. The van der Waals surface area contributed by atoms with Crippen LogP contribution in [-0.4, -0.2) is 50.8 Å². The third kappa shape index (κ3) is 5.81. The van der Waals surface area contributed by atoms with E-state index in [0.29, 0.717) is 25.2 Å². The molecule has 3 rings (SSSR count). The highest BCUT2D eigenvalue weighted by molar-refractivity contribution is 6.74. The van der Waals surface area contributed by atoms with E-state index in [2.05, 4.69) is 64.7 Å². The molecule has 3 atom stereocenters. The fraction of sp³-hybridized carbons (Fsp3) is 0.786. The Labute approximate surface area is 208 Å². The summed E-state index contributed by atoms with van der Waals surface area (Å²) in [5, 5.41) is 11.9. The van der Waals surface area contributed by atoms with Gasteiger partial charge in [-0.25, -0.2) is 0 Å². The van der Waals surface area contributed by atoms with Crippen LogP contribution in [0.25, 0.3) is 0 Å². The zero-order chi connectivity index (χ0) is 25.3. The first-order valence-electron chi connectivity index (χ1n) is 13.2. The average molecular weight is 494 g/mol. The molecule has 0 amide bonds. The molecule has 0 bridgehead atoms. The summed E-state index contributed by atoms with van der Waals surface area (Å²) in [7, 11) is -0.332. The van der Waals surface area contributed by atoms with Gasteiger partial charge in [0.1, 0.15) is 5.75 Å². The number of aliphatic hydroxyl groups is 1. The van der Waals surface area contributed by atoms with E-state index in [1.54, 1.807) is 7.11 Å². The summed E-state index contributed by atoms with van der Waals surface area (Å²) in [6.07, 6.45) is 4.70. The Morgan fingerprint density at radius 3 is 2.53 bits per heavy atom. The monoisotopic (exact) mass is 493 g/mol. The van der Waals surface area contributed by atoms with Gasteiger partial charge in [-0.15, -0.1) is 0 Å². The number of hydrogen-bond acceptors (Lipinski definition) is 4. The van der Waals surface area contributed by atoms with Crippen molar-refractivity contribution in [2.75, 3.05) is 26.9 Å². The fourth-order valence-corrected chi connectivity index (χ4v) is 6.43. The van der Waals surface area contributed by atoms with Gasteiger partial charge < -0.3 is 14.3 Å². The minimum atomic E-state index is -2.05. The molecule has 1 saturated heterocycles. The lowest BCUT2D eigenvalue weighted by atomic mass is 9.70. The lowest BCUT2D eigenvalue weighted by Gasteiger charge is -2.52. The van der Waals surface area contributed by atoms with Gasteiger partial charge in [0.15, 0.2) is 5.75 Å². The number of alkyl halides is 1. The lowest BCUT2D eigenvalue weighted by molar-refractivity contribution is -0.107. The van der Waals surface area contributed by atoms with E-state index in [9.17, 15) is 9.50 Å². The first-order valence-corrected chi connectivity index (χ1v) is 16.1. The number of methoxy groups -OCH3 is 1. The summed E-state index contributed by atoms with van der Waals surface area (Å²) in [4.78, 5) is 2.56. The number of benzene rings is 1. The third-order valence-corrected chi connectivity index (χ3v) is 13.0. The summed E-state index contributed by atoms with van der Waals surface area (Å²) in [5.41, 5.74) is 1.72. The smallest absolute Gasteiger partial charge is 0.250 e. The quantitative estimate of drug-likeness (QED) is 0.379. The van der Waals surface area contributed by atoms with E-state index in [0.717, 1.165) is 43.9 Å². The van der Waals surface area contributed by atoms with Gasteiger partial charge in [0.05, 0.1) is 19.4 Å². The molecule has 1 aromatic rings. The maximum absolute atomic E-state index is 13.2. The van der Waals surface area contributed by atoms with Gasteiger partial charge >= 0.3 is 0 Å². The number of piperidine rings is 1. The summed E-state index contributed by atoms with van der Waals surface area (Å²) < 4.78 is 25.7. The molecule has 0 spiro atoms. The minimum absolute atomic E-state index is 0.0844. The predicted molar refractivity (Wildman–Crippen MR) is 141 cm³/mol. The number of nitrogens with zero attached hydrogens (tertiary/aromatic N) is 1. The van der Waals surface area contributed by atoms with Crippen LogP contribution in [0.4, 0.5) is 4.39 Å². The second kappa shape index (κ2) is 10.5. The number of rotatable bonds is 9. The summed E-state index contributed by atoms with van der Waals surface area (Å²) >= 11 is 0. The molecule has 0 unspecified atom stereocenters. The summed E-state index contributed by atoms with van der Waals surface area (Å²) in [6, 6.07) is 4.48. The second-order valence-corrected chi connectivity index (χ2v) is 17.3. The van der Waals surface area contributed by atoms with Gasteiger partial charge in [0.2, 0.25) is 0 Å². The summed E-state index contributed by atoms with van der Waals surface area (Å²) in [5.74, 6) is 2.42. The van der Waals surface area contributed by atoms with Crippen LogP contribution >= 0.6 is 0 Å². The number of halogens is 1. The van der Waals surface area contributed by atoms with Crippen LogP contribution in [0.2, 0.25) is 18.1 Å². The Morgan fingerprint density at radius 2 is 1.94 bits per heavy atom. The molecule has 1 fully saturated rings. The number of fused-ring (bicyclic) bond motifs is 3. The molecule has 0 saturated carbocycles. The van der Waals surface area contributed by atoms with Crippen molar-refractivity contribution in [3.63, 3.8) is 0 Å². The van der Waals surface area contributed by atoms with Crippen LogP contribution in [0.5, 0.6) is 11.5 Å². The zero-order valence-electron chi connectivity index (χ0n) is 22.8. The van der Waals surface area contributed by atoms with Crippen LogP contribution < -0.4 is 9.16 Å². The van der Waals surface area contributed by atoms with Gasteiger partial charge in [0, 0.05) is 25.0 Å². The third-order valence-electron chi connectivity index (χ3n) is 8.66. The van der Waals surface area contributed by atoms with E-state index >= 15 is 0 Å². The highest BCUT2D eigenvalue weighted by Crippen LogP contribution is 2.49. The first-order chi connectivity index (χ1) is 15.8. The number of ether oxygens (including phenoxy) is 1. The maximum atomic E-state index is 13.2. The van der Waals surface area contributed by atoms with Crippen LogP contribution in [0, 0.1) is 11.8 Å². The molecule has 6 heteroatoms. The zero-order valence-corrected chi connectivity index (χ0v) is 23.8. The van der Waals surface area contributed by atoms with Crippen molar-refractivity contribution in [1.82, 2.24) is 4.90 Å². The predicted octanol–water partition coefficient (Wildman–Crippen LogP) is 6.92. The Morgan fingerprint density at radius 1 is 1.24 bits per heavy atom. The molecule has 34 heavy (non-hydrogen) atoms. The Hall–Kier alpha value is -1.11. The van der Waals surface area contributed by atoms with E-state index in [-0.39, 0.29) is 23.7 Å². The van der Waals surface area contributed by atoms with Crippen molar-refractivity contribution < 1.29 is 18.7 Å². The van der Waals surface area contributed by atoms with Crippen molar-refractivity contribution in [2.45, 2.75) is 103 Å². The van der Waals surface area contributed by atoms with Crippen LogP contribution in [0.1, 0.15) is 83.9 Å². The summed E-state index contributed by atoms with van der Waals surface area (Å²) in [6.45, 7) is 17.2. The average Bonchev–Trinajstić information content (AvgIpc) is 2.75. The number of hydrogen-bond donors (Lipinski definition) is 1. The Balaban J connectivity index is 1.96. The second-order valence-electron chi connectivity index (χ2n) is 12.6. The van der Waals surface area contributed by atoms with E-state index < -0.39 is 13.9 Å². The Kier molecular flexibility index (Phi) is 8.47. The van der Waals surface area contributed by atoms with Gasteiger partial charge in [0.25, 0.3) is 8.32 Å². The molecule has 0 aliphatic carbocycles. The first kappa shape index (κ1) is 27.5.